The first-order valence-electron chi connectivity index (χ1n) is 8.61. The highest BCUT2D eigenvalue weighted by molar-refractivity contribution is 5.83. The fourth-order valence-corrected chi connectivity index (χ4v) is 3.01. The van der Waals surface area contributed by atoms with Crippen LogP contribution in [0.15, 0.2) is 4.99 Å². The third-order valence-electron chi connectivity index (χ3n) is 4.08. The minimum atomic E-state index is -0.482. The number of carbonyl (C=O) groups is 1. The molecule has 1 aliphatic rings. The smallest absolute Gasteiger partial charge is 0.227 e. The number of nitrogens with zero attached hydrogens (tertiary/aromatic N) is 2. The number of nitrogens with one attached hydrogen (secondary N) is 2. The second kappa shape index (κ2) is 8.39. The number of piperidine rings is 1. The molecule has 2 unspecified atom stereocenters. The van der Waals surface area contributed by atoms with Crippen molar-refractivity contribution >= 4 is 11.9 Å². The first-order chi connectivity index (χ1) is 10.3. The number of hydrogen-bond donors (Lipinski definition) is 2. The molecule has 0 aliphatic carbocycles. The second-order valence-electron chi connectivity index (χ2n) is 7.26. The quantitative estimate of drug-likeness (QED) is 0.604. The summed E-state index contributed by atoms with van der Waals surface area (Å²) in [6.07, 6.45) is 1.28. The Kier molecular flexibility index (Phi) is 7.17. The fraction of sp³-hybridized carbons (Fsp3) is 0.882. The van der Waals surface area contributed by atoms with E-state index in [9.17, 15) is 4.79 Å². The van der Waals surface area contributed by atoms with E-state index in [1.807, 2.05) is 20.8 Å². The standard InChI is InChI=1S/C17H34N4O/c1-7-18-15(22)17(5,6)12-20-16(19-8-2)21-10-13(3)9-14(4)11-21/h13-14H,7-12H2,1-6H3,(H,18,22)(H,19,20). The van der Waals surface area contributed by atoms with Crippen LogP contribution in [0, 0.1) is 17.3 Å². The van der Waals surface area contributed by atoms with Crippen molar-refractivity contribution in [2.75, 3.05) is 32.7 Å². The largest absolute Gasteiger partial charge is 0.357 e. The molecule has 1 heterocycles. The molecule has 5 nitrogen and oxygen atoms in total. The van der Waals surface area contributed by atoms with Crippen molar-refractivity contribution in [3.63, 3.8) is 0 Å². The number of guanidine groups is 1. The Hall–Kier alpha value is -1.26. The number of aliphatic imine (C=N–C) groups is 1. The van der Waals surface area contributed by atoms with Crippen molar-refractivity contribution in [1.29, 1.82) is 0 Å². The first-order valence-corrected chi connectivity index (χ1v) is 8.61. The van der Waals surface area contributed by atoms with Crippen molar-refractivity contribution < 1.29 is 4.79 Å². The minimum absolute atomic E-state index is 0.0648. The molecule has 0 aromatic rings. The van der Waals surface area contributed by atoms with Crippen molar-refractivity contribution in [1.82, 2.24) is 15.5 Å². The predicted octanol–water partition coefficient (Wildman–Crippen LogP) is 2.09. The van der Waals surface area contributed by atoms with Gasteiger partial charge in [-0.2, -0.15) is 0 Å². The molecule has 0 radical (unpaired) electrons. The maximum atomic E-state index is 12.1. The number of rotatable bonds is 5. The van der Waals surface area contributed by atoms with Crippen LogP contribution in [0.2, 0.25) is 0 Å². The predicted molar refractivity (Wildman–Crippen MR) is 93.0 cm³/mol. The maximum absolute atomic E-state index is 12.1. The van der Waals surface area contributed by atoms with Gasteiger partial charge in [-0.15, -0.1) is 0 Å². The molecule has 1 aliphatic heterocycles. The van der Waals surface area contributed by atoms with Crippen LogP contribution in [0.25, 0.3) is 0 Å². The van der Waals surface area contributed by atoms with Crippen LogP contribution in [0.4, 0.5) is 0 Å². The number of amides is 1. The number of carbonyl (C=O) groups excluding carboxylic acids is 1. The molecule has 5 heteroatoms. The Morgan fingerprint density at radius 2 is 1.68 bits per heavy atom. The second-order valence-corrected chi connectivity index (χ2v) is 7.26. The van der Waals surface area contributed by atoms with E-state index in [0.29, 0.717) is 24.9 Å². The molecule has 0 aromatic heterocycles. The lowest BCUT2D eigenvalue weighted by Crippen LogP contribution is -2.49. The van der Waals surface area contributed by atoms with E-state index in [1.54, 1.807) is 0 Å². The van der Waals surface area contributed by atoms with E-state index < -0.39 is 5.41 Å². The molecular formula is C17H34N4O. The highest BCUT2D eigenvalue weighted by Gasteiger charge is 2.28. The normalized spacial score (nSPS) is 23.4. The Morgan fingerprint density at radius 3 is 2.18 bits per heavy atom. The molecule has 2 atom stereocenters. The zero-order valence-electron chi connectivity index (χ0n) is 15.2. The summed E-state index contributed by atoms with van der Waals surface area (Å²) in [6, 6.07) is 0. The van der Waals surface area contributed by atoms with Crippen molar-refractivity contribution in [2.45, 2.75) is 48.0 Å². The van der Waals surface area contributed by atoms with E-state index in [0.717, 1.165) is 25.6 Å². The molecule has 0 aromatic carbocycles. The molecule has 1 rings (SSSR count). The molecule has 128 valence electrons. The van der Waals surface area contributed by atoms with Crippen LogP contribution in [-0.4, -0.2) is 49.5 Å². The monoisotopic (exact) mass is 310 g/mol. The van der Waals surface area contributed by atoms with Crippen LogP contribution < -0.4 is 10.6 Å². The lowest BCUT2D eigenvalue weighted by atomic mass is 9.92. The highest BCUT2D eigenvalue weighted by atomic mass is 16.2. The summed E-state index contributed by atoms with van der Waals surface area (Å²) in [7, 11) is 0. The highest BCUT2D eigenvalue weighted by Crippen LogP contribution is 2.21. The Morgan fingerprint density at radius 1 is 1.14 bits per heavy atom. The average Bonchev–Trinajstić information content (AvgIpc) is 2.42. The van der Waals surface area contributed by atoms with Gasteiger partial charge in [0.25, 0.3) is 0 Å². The maximum Gasteiger partial charge on any atom is 0.227 e. The van der Waals surface area contributed by atoms with Gasteiger partial charge >= 0.3 is 0 Å². The van der Waals surface area contributed by atoms with Crippen molar-refractivity contribution in [2.24, 2.45) is 22.2 Å². The van der Waals surface area contributed by atoms with Crippen molar-refractivity contribution in [3.8, 4) is 0 Å². The molecule has 1 fully saturated rings. The minimum Gasteiger partial charge on any atom is -0.357 e. The van der Waals surface area contributed by atoms with E-state index >= 15 is 0 Å². The van der Waals surface area contributed by atoms with Crippen molar-refractivity contribution in [3.05, 3.63) is 0 Å². The molecule has 1 saturated heterocycles. The zero-order valence-corrected chi connectivity index (χ0v) is 15.2. The van der Waals surface area contributed by atoms with Gasteiger partial charge in [0, 0.05) is 26.2 Å². The summed E-state index contributed by atoms with van der Waals surface area (Å²) in [5, 5.41) is 6.27. The lowest BCUT2D eigenvalue weighted by molar-refractivity contribution is -0.128. The third-order valence-corrected chi connectivity index (χ3v) is 4.08. The van der Waals surface area contributed by atoms with Crippen LogP contribution in [0.1, 0.15) is 48.0 Å². The summed E-state index contributed by atoms with van der Waals surface area (Å²) in [6.45, 7) is 16.6. The molecule has 22 heavy (non-hydrogen) atoms. The van der Waals surface area contributed by atoms with E-state index in [1.165, 1.54) is 6.42 Å². The van der Waals surface area contributed by atoms with E-state index in [2.05, 4.69) is 36.3 Å². The summed E-state index contributed by atoms with van der Waals surface area (Å²) in [4.78, 5) is 19.2. The van der Waals surface area contributed by atoms with Gasteiger partial charge in [0.15, 0.2) is 5.96 Å². The van der Waals surface area contributed by atoms with Gasteiger partial charge in [0.2, 0.25) is 5.91 Å². The molecule has 1 amide bonds. The topological polar surface area (TPSA) is 56.7 Å². The van der Waals surface area contributed by atoms with Crippen LogP contribution in [0.5, 0.6) is 0 Å². The van der Waals surface area contributed by atoms with Gasteiger partial charge in [0.05, 0.1) is 12.0 Å². The van der Waals surface area contributed by atoms with Crippen LogP contribution in [0.3, 0.4) is 0 Å². The van der Waals surface area contributed by atoms with Gasteiger partial charge in [-0.05, 0) is 46.0 Å². The Labute approximate surface area is 135 Å². The number of hydrogen-bond acceptors (Lipinski definition) is 2. The molecule has 2 N–H and O–H groups in total. The lowest BCUT2D eigenvalue weighted by Gasteiger charge is -2.37. The summed E-state index contributed by atoms with van der Waals surface area (Å²) in [5.74, 6) is 2.38. The van der Waals surface area contributed by atoms with Crippen LogP contribution >= 0.6 is 0 Å². The fourth-order valence-electron chi connectivity index (χ4n) is 3.01. The van der Waals surface area contributed by atoms with Gasteiger partial charge in [-0.3, -0.25) is 9.79 Å². The van der Waals surface area contributed by atoms with Gasteiger partial charge in [-0.1, -0.05) is 13.8 Å². The summed E-state index contributed by atoms with van der Waals surface area (Å²) < 4.78 is 0. The Balaban J connectivity index is 2.79. The third kappa shape index (κ3) is 5.50. The molecule has 0 bridgehead atoms. The Bertz CT molecular complexity index is 382. The van der Waals surface area contributed by atoms with Gasteiger partial charge in [0.1, 0.15) is 0 Å². The first kappa shape index (κ1) is 18.8. The number of likely N-dealkylation sites (tertiary alicyclic amines) is 1. The molecular weight excluding hydrogens is 276 g/mol. The van der Waals surface area contributed by atoms with Gasteiger partial charge < -0.3 is 15.5 Å². The van der Waals surface area contributed by atoms with Crippen LogP contribution in [-0.2, 0) is 4.79 Å². The SMILES string of the molecule is CCNC(=O)C(C)(C)CN=C(NCC)N1CC(C)CC(C)C1. The zero-order chi connectivity index (χ0) is 16.8. The van der Waals surface area contributed by atoms with Gasteiger partial charge in [-0.25, -0.2) is 0 Å². The average molecular weight is 310 g/mol. The molecule has 0 spiro atoms. The van der Waals surface area contributed by atoms with E-state index in [-0.39, 0.29) is 5.91 Å². The van der Waals surface area contributed by atoms with E-state index in [4.69, 9.17) is 4.99 Å². The molecule has 0 saturated carbocycles. The summed E-state index contributed by atoms with van der Waals surface area (Å²) in [5.41, 5.74) is -0.482. The summed E-state index contributed by atoms with van der Waals surface area (Å²) >= 11 is 0.